The lowest BCUT2D eigenvalue weighted by atomic mass is 9.46. The molecule has 280 valence electrons. The molecule has 2 fully saturated rings. The van der Waals surface area contributed by atoms with Gasteiger partial charge >= 0.3 is 35.8 Å². The molecule has 4 rings (SSSR count). The van der Waals surface area contributed by atoms with E-state index < -0.39 is 114 Å². The SMILES string of the molecule is CC(=O)OCC1(O)C(O)CC(OC(C)=O)C2(C)C(OC(C)=O)C(OC(C)=O)C3=C(C)C(OC(C)=O)CC(C(OC(=O)c4ccccc4)C12)C3(C)C. The minimum absolute atomic E-state index is 0.0181. The Hall–Kier alpha value is -4.30. The summed E-state index contributed by atoms with van der Waals surface area (Å²) in [5.41, 5.74) is -4.42. The highest BCUT2D eigenvalue weighted by molar-refractivity contribution is 5.89. The molecule has 0 amide bonds. The Labute approximate surface area is 296 Å². The highest BCUT2D eigenvalue weighted by Crippen LogP contribution is 2.62. The Morgan fingerprint density at radius 3 is 1.86 bits per heavy atom. The number of benzene rings is 1. The summed E-state index contributed by atoms with van der Waals surface area (Å²) in [4.78, 5) is 77.5. The van der Waals surface area contributed by atoms with Crippen molar-refractivity contribution in [3.05, 3.63) is 47.0 Å². The molecule has 3 aliphatic carbocycles. The molecule has 14 nitrogen and oxygen atoms in total. The quantitative estimate of drug-likeness (QED) is 0.226. The molecule has 0 saturated heterocycles. The van der Waals surface area contributed by atoms with Gasteiger partial charge in [-0.3, -0.25) is 24.0 Å². The zero-order valence-electron chi connectivity index (χ0n) is 30.4. The summed E-state index contributed by atoms with van der Waals surface area (Å²) >= 11 is 0. The van der Waals surface area contributed by atoms with Crippen LogP contribution in [0.2, 0.25) is 0 Å². The lowest BCUT2D eigenvalue weighted by Crippen LogP contribution is -2.76. The van der Waals surface area contributed by atoms with Gasteiger partial charge < -0.3 is 38.6 Å². The summed E-state index contributed by atoms with van der Waals surface area (Å²) < 4.78 is 35.5. The van der Waals surface area contributed by atoms with Crippen molar-refractivity contribution >= 4 is 35.8 Å². The monoisotopic (exact) mass is 716 g/mol. The van der Waals surface area contributed by atoms with E-state index in [4.69, 9.17) is 28.4 Å². The summed E-state index contributed by atoms with van der Waals surface area (Å²) in [5, 5.41) is 24.6. The lowest BCUT2D eigenvalue weighted by molar-refractivity contribution is -0.297. The van der Waals surface area contributed by atoms with Crippen LogP contribution in [0.3, 0.4) is 0 Å². The molecule has 0 spiro atoms. The average molecular weight is 717 g/mol. The van der Waals surface area contributed by atoms with E-state index in [0.717, 1.165) is 27.7 Å². The zero-order valence-corrected chi connectivity index (χ0v) is 30.4. The maximum atomic E-state index is 14.1. The summed E-state index contributed by atoms with van der Waals surface area (Å²) in [5.74, 6) is -7.12. The van der Waals surface area contributed by atoms with Crippen LogP contribution in [0.25, 0.3) is 0 Å². The second-order valence-corrected chi connectivity index (χ2v) is 14.5. The standard InChI is InChI=1S/C37H48O14/c1-18-26(47-20(3)39)15-25-30(51-34(44)24-13-11-10-12-14-24)32-36(9,28(48-21(4)40)16-27(43)37(32,45)17-46-19(2)38)33(50-23(6)42)31(49-22(5)41)29(18)35(25,7)8/h10-14,25-28,30-33,43,45H,15-17H2,1-9H3. The fourth-order valence-corrected chi connectivity index (χ4v) is 8.73. The molecular formula is C37H48O14. The van der Waals surface area contributed by atoms with Gasteiger partial charge in [-0.05, 0) is 42.0 Å². The van der Waals surface area contributed by atoms with Crippen LogP contribution >= 0.6 is 0 Å². The number of ether oxygens (including phenoxy) is 6. The van der Waals surface area contributed by atoms with Gasteiger partial charge in [0.25, 0.3) is 0 Å². The van der Waals surface area contributed by atoms with Gasteiger partial charge in [-0.1, -0.05) is 39.0 Å². The molecule has 2 N–H and O–H groups in total. The molecular weight excluding hydrogens is 668 g/mol. The van der Waals surface area contributed by atoms with Gasteiger partial charge in [0.15, 0.2) is 12.2 Å². The molecule has 14 heteroatoms. The first-order valence-electron chi connectivity index (χ1n) is 16.9. The molecule has 0 aliphatic heterocycles. The predicted molar refractivity (Wildman–Crippen MR) is 176 cm³/mol. The molecule has 51 heavy (non-hydrogen) atoms. The van der Waals surface area contributed by atoms with E-state index in [1.807, 2.05) is 0 Å². The van der Waals surface area contributed by atoms with Crippen molar-refractivity contribution in [2.24, 2.45) is 22.7 Å². The second-order valence-electron chi connectivity index (χ2n) is 14.5. The van der Waals surface area contributed by atoms with Crippen LogP contribution in [0.1, 0.15) is 85.5 Å². The van der Waals surface area contributed by atoms with Crippen LogP contribution < -0.4 is 0 Å². The van der Waals surface area contributed by atoms with Crippen molar-refractivity contribution in [2.45, 2.75) is 117 Å². The van der Waals surface area contributed by atoms with E-state index in [1.165, 1.54) is 26.0 Å². The summed E-state index contributed by atoms with van der Waals surface area (Å²) in [6.07, 6.45) is -9.01. The number of rotatable bonds is 8. The van der Waals surface area contributed by atoms with Crippen molar-refractivity contribution in [3.8, 4) is 0 Å². The number of esters is 6. The predicted octanol–water partition coefficient (Wildman–Crippen LogP) is 3.00. The van der Waals surface area contributed by atoms with Crippen molar-refractivity contribution in [2.75, 3.05) is 6.61 Å². The minimum atomic E-state index is -2.46. The van der Waals surface area contributed by atoms with E-state index in [-0.39, 0.29) is 12.0 Å². The van der Waals surface area contributed by atoms with Crippen LogP contribution in [0, 0.1) is 22.7 Å². The van der Waals surface area contributed by atoms with Crippen LogP contribution in [-0.4, -0.2) is 94.9 Å². The summed E-state index contributed by atoms with van der Waals surface area (Å²) in [6.45, 7) is 11.7. The largest absolute Gasteiger partial charge is 0.463 e. The molecule has 0 heterocycles. The van der Waals surface area contributed by atoms with Gasteiger partial charge in [0, 0.05) is 52.9 Å². The van der Waals surface area contributed by atoms with Crippen LogP contribution in [0.4, 0.5) is 0 Å². The van der Waals surface area contributed by atoms with Crippen molar-refractivity contribution in [1.29, 1.82) is 0 Å². The first-order valence-corrected chi connectivity index (χ1v) is 16.9. The van der Waals surface area contributed by atoms with E-state index in [9.17, 15) is 39.0 Å². The summed E-state index contributed by atoms with van der Waals surface area (Å²) in [7, 11) is 0. The summed E-state index contributed by atoms with van der Waals surface area (Å²) in [6, 6.07) is 8.00. The lowest BCUT2D eigenvalue weighted by Gasteiger charge is -2.64. The van der Waals surface area contributed by atoms with E-state index >= 15 is 0 Å². The molecule has 0 aromatic heterocycles. The van der Waals surface area contributed by atoms with Crippen molar-refractivity contribution < 1.29 is 67.4 Å². The molecule has 2 bridgehead atoms. The first-order chi connectivity index (χ1) is 23.7. The molecule has 3 aliphatic rings. The van der Waals surface area contributed by atoms with Gasteiger partial charge in [-0.15, -0.1) is 0 Å². The fraction of sp³-hybridized carbons (Fsp3) is 0.622. The van der Waals surface area contributed by atoms with E-state index in [0.29, 0.717) is 11.1 Å². The third-order valence-electron chi connectivity index (χ3n) is 10.8. The minimum Gasteiger partial charge on any atom is -0.463 e. The Morgan fingerprint density at radius 2 is 1.33 bits per heavy atom. The Bertz CT molecular complexity index is 1580. The topological polar surface area (TPSA) is 198 Å². The van der Waals surface area contributed by atoms with E-state index in [2.05, 4.69) is 0 Å². The highest BCUT2D eigenvalue weighted by atomic mass is 16.6. The number of aliphatic hydroxyl groups excluding tert-OH is 1. The second kappa shape index (κ2) is 14.7. The van der Waals surface area contributed by atoms with Gasteiger partial charge in [0.05, 0.1) is 17.1 Å². The van der Waals surface area contributed by atoms with E-state index in [1.54, 1.807) is 39.0 Å². The molecule has 1 aromatic rings. The smallest absolute Gasteiger partial charge is 0.338 e. The van der Waals surface area contributed by atoms with Crippen LogP contribution in [0.5, 0.6) is 0 Å². The maximum Gasteiger partial charge on any atom is 0.338 e. The number of aliphatic hydroxyl groups is 2. The maximum absolute atomic E-state index is 14.1. The number of carbonyl (C=O) groups is 6. The van der Waals surface area contributed by atoms with Crippen LogP contribution in [-0.2, 0) is 52.4 Å². The third kappa shape index (κ3) is 7.52. The number of carbonyl (C=O) groups excluding carboxylic acids is 6. The van der Waals surface area contributed by atoms with Gasteiger partial charge in [-0.2, -0.15) is 0 Å². The van der Waals surface area contributed by atoms with Gasteiger partial charge in [0.1, 0.15) is 30.5 Å². The van der Waals surface area contributed by atoms with Crippen LogP contribution in [0.15, 0.2) is 41.5 Å². The normalized spacial score (nSPS) is 34.0. The first kappa shape index (κ1) is 39.5. The molecule has 0 radical (unpaired) electrons. The van der Waals surface area contributed by atoms with Crippen molar-refractivity contribution in [1.82, 2.24) is 0 Å². The molecule has 1 aromatic carbocycles. The number of hydrogen-bond acceptors (Lipinski definition) is 14. The molecule has 2 saturated carbocycles. The highest BCUT2D eigenvalue weighted by Gasteiger charge is 2.73. The number of hydrogen-bond donors (Lipinski definition) is 2. The van der Waals surface area contributed by atoms with Crippen molar-refractivity contribution in [3.63, 3.8) is 0 Å². The average Bonchev–Trinajstić information content (AvgIpc) is 3.01. The molecule has 10 atom stereocenters. The van der Waals surface area contributed by atoms with Gasteiger partial charge in [-0.25, -0.2) is 4.79 Å². The Balaban J connectivity index is 2.20. The fourth-order valence-electron chi connectivity index (χ4n) is 8.73. The Morgan fingerprint density at radius 1 is 0.765 bits per heavy atom. The zero-order chi connectivity index (χ0) is 38.2. The molecule has 10 unspecified atom stereocenters. The number of fused-ring (bicyclic) bond motifs is 3. The van der Waals surface area contributed by atoms with Gasteiger partial charge in [0.2, 0.25) is 0 Å². The third-order valence-corrected chi connectivity index (χ3v) is 10.8. The Kier molecular flexibility index (Phi) is 11.4.